The number of nitrogens with one attached hydrogen (secondary N) is 1. The minimum Gasteiger partial charge on any atom is -0.299 e. The average Bonchev–Trinajstić information content (AvgIpc) is 3.33. The van der Waals surface area contributed by atoms with E-state index in [2.05, 4.69) is 32.0 Å². The third-order valence-electron chi connectivity index (χ3n) is 5.41. The number of aromatic amines is 1. The Morgan fingerprint density at radius 2 is 2.12 bits per heavy atom. The lowest BCUT2D eigenvalue weighted by atomic mass is 10.0. The number of nitrogens with zero attached hydrogens (tertiary/aromatic N) is 4. The van der Waals surface area contributed by atoms with Crippen LogP contribution in [0, 0.1) is 16.6 Å². The molecule has 1 N–H and O–H groups in total. The van der Waals surface area contributed by atoms with Gasteiger partial charge in [-0.15, -0.1) is 0 Å². The SMILES string of the molecule is O=c1c2ccccc2cnn1Cc1n[nH]c(=S)n1C1CC2C=CC1C2. The van der Waals surface area contributed by atoms with Crippen LogP contribution in [-0.2, 0) is 6.54 Å². The van der Waals surface area contributed by atoms with Gasteiger partial charge in [0.25, 0.3) is 5.56 Å². The Hall–Kier alpha value is -2.54. The Labute approximate surface area is 148 Å². The van der Waals surface area contributed by atoms with Crippen LogP contribution in [0.2, 0.25) is 0 Å². The summed E-state index contributed by atoms with van der Waals surface area (Å²) in [7, 11) is 0. The van der Waals surface area contributed by atoms with Crippen LogP contribution in [0.15, 0.2) is 47.4 Å². The van der Waals surface area contributed by atoms with Crippen molar-refractivity contribution < 1.29 is 0 Å². The van der Waals surface area contributed by atoms with Crippen molar-refractivity contribution in [2.24, 2.45) is 11.8 Å². The summed E-state index contributed by atoms with van der Waals surface area (Å²) in [4.78, 5) is 12.7. The summed E-state index contributed by atoms with van der Waals surface area (Å²) in [5.41, 5.74) is -0.105. The highest BCUT2D eigenvalue weighted by molar-refractivity contribution is 7.71. The molecule has 3 unspecified atom stereocenters. The monoisotopic (exact) mass is 351 g/mol. The van der Waals surface area contributed by atoms with Crippen molar-refractivity contribution in [3.8, 4) is 0 Å². The number of fused-ring (bicyclic) bond motifs is 3. The molecule has 2 aliphatic rings. The minimum absolute atomic E-state index is 0.105. The van der Waals surface area contributed by atoms with Crippen molar-refractivity contribution in [2.45, 2.75) is 25.4 Å². The zero-order valence-corrected chi connectivity index (χ0v) is 14.3. The predicted octanol–water partition coefficient (Wildman–Crippen LogP) is 2.84. The van der Waals surface area contributed by atoms with Crippen molar-refractivity contribution in [3.05, 3.63) is 63.6 Å². The minimum atomic E-state index is -0.105. The second-order valence-electron chi connectivity index (χ2n) is 6.86. The van der Waals surface area contributed by atoms with Crippen LogP contribution < -0.4 is 5.56 Å². The molecule has 1 aromatic carbocycles. The van der Waals surface area contributed by atoms with Crippen LogP contribution in [0.25, 0.3) is 10.8 Å². The van der Waals surface area contributed by atoms with Gasteiger partial charge in [-0.1, -0.05) is 30.4 Å². The molecular weight excluding hydrogens is 334 g/mol. The number of aromatic nitrogens is 5. The number of hydrogen-bond acceptors (Lipinski definition) is 4. The van der Waals surface area contributed by atoms with E-state index in [1.807, 2.05) is 24.3 Å². The highest BCUT2D eigenvalue weighted by atomic mass is 32.1. The molecular formula is C18H17N5OS. The fourth-order valence-electron chi connectivity index (χ4n) is 4.21. The summed E-state index contributed by atoms with van der Waals surface area (Å²) in [6, 6.07) is 7.82. The molecule has 1 fully saturated rings. The van der Waals surface area contributed by atoms with Gasteiger partial charge in [0, 0.05) is 11.4 Å². The van der Waals surface area contributed by atoms with E-state index in [1.165, 1.54) is 11.1 Å². The molecule has 0 radical (unpaired) electrons. The van der Waals surface area contributed by atoms with E-state index >= 15 is 0 Å². The molecule has 126 valence electrons. The molecule has 2 bridgehead atoms. The molecule has 5 rings (SSSR count). The number of rotatable bonds is 3. The fraction of sp³-hybridized carbons (Fsp3) is 0.333. The van der Waals surface area contributed by atoms with E-state index in [-0.39, 0.29) is 5.56 Å². The number of allylic oxidation sites excluding steroid dienone is 2. The first kappa shape index (κ1) is 14.8. The predicted molar refractivity (Wildman–Crippen MR) is 96.9 cm³/mol. The lowest BCUT2D eigenvalue weighted by Crippen LogP contribution is -2.26. The van der Waals surface area contributed by atoms with Crippen molar-refractivity contribution in [3.63, 3.8) is 0 Å². The van der Waals surface area contributed by atoms with E-state index in [0.717, 1.165) is 17.6 Å². The zero-order chi connectivity index (χ0) is 17.0. The van der Waals surface area contributed by atoms with E-state index in [0.29, 0.717) is 34.6 Å². The van der Waals surface area contributed by atoms with E-state index in [9.17, 15) is 4.79 Å². The molecule has 25 heavy (non-hydrogen) atoms. The first-order valence-electron chi connectivity index (χ1n) is 8.49. The van der Waals surface area contributed by atoms with Crippen LogP contribution in [0.4, 0.5) is 0 Å². The first-order chi connectivity index (χ1) is 12.2. The molecule has 1 saturated carbocycles. The summed E-state index contributed by atoms with van der Waals surface area (Å²) in [6.07, 6.45) is 8.59. The lowest BCUT2D eigenvalue weighted by Gasteiger charge is -2.21. The van der Waals surface area contributed by atoms with Gasteiger partial charge < -0.3 is 0 Å². The molecule has 0 aliphatic heterocycles. The van der Waals surface area contributed by atoms with Crippen LogP contribution in [0.3, 0.4) is 0 Å². The van der Waals surface area contributed by atoms with Gasteiger partial charge in [0.15, 0.2) is 10.6 Å². The molecule has 2 heterocycles. The van der Waals surface area contributed by atoms with Gasteiger partial charge in [-0.05, 0) is 43.0 Å². The van der Waals surface area contributed by atoms with Crippen LogP contribution >= 0.6 is 12.2 Å². The first-order valence-corrected chi connectivity index (χ1v) is 8.90. The van der Waals surface area contributed by atoms with Crippen molar-refractivity contribution in [1.29, 1.82) is 0 Å². The third-order valence-corrected chi connectivity index (χ3v) is 5.69. The Morgan fingerprint density at radius 3 is 2.92 bits per heavy atom. The summed E-state index contributed by atoms with van der Waals surface area (Å²) < 4.78 is 4.18. The maximum atomic E-state index is 12.7. The molecule has 2 aromatic heterocycles. The zero-order valence-electron chi connectivity index (χ0n) is 13.5. The number of benzene rings is 1. The van der Waals surface area contributed by atoms with Crippen molar-refractivity contribution in [1.82, 2.24) is 24.5 Å². The Bertz CT molecular complexity index is 1110. The summed E-state index contributed by atoms with van der Waals surface area (Å²) in [5.74, 6) is 1.91. The quantitative estimate of drug-likeness (QED) is 0.582. The molecule has 3 atom stereocenters. The lowest BCUT2D eigenvalue weighted by molar-refractivity contribution is 0.407. The van der Waals surface area contributed by atoms with Gasteiger partial charge in [0.05, 0.1) is 11.6 Å². The summed E-state index contributed by atoms with van der Waals surface area (Å²) >= 11 is 5.46. The number of H-pyrrole nitrogens is 1. The average molecular weight is 351 g/mol. The van der Waals surface area contributed by atoms with E-state index < -0.39 is 0 Å². The van der Waals surface area contributed by atoms with Crippen molar-refractivity contribution in [2.75, 3.05) is 0 Å². The van der Waals surface area contributed by atoms with Gasteiger partial charge in [-0.3, -0.25) is 14.5 Å². The normalized spacial score (nSPS) is 24.4. The molecule has 0 amide bonds. The summed E-state index contributed by atoms with van der Waals surface area (Å²) in [5, 5.41) is 13.1. The van der Waals surface area contributed by atoms with Gasteiger partial charge in [0.1, 0.15) is 6.54 Å². The van der Waals surface area contributed by atoms with Gasteiger partial charge in [-0.2, -0.15) is 10.2 Å². The van der Waals surface area contributed by atoms with Crippen LogP contribution in [0.5, 0.6) is 0 Å². The van der Waals surface area contributed by atoms with Crippen LogP contribution in [-0.4, -0.2) is 24.5 Å². The number of hydrogen-bond donors (Lipinski definition) is 1. The molecule has 3 aromatic rings. The highest BCUT2D eigenvalue weighted by Gasteiger charge is 2.38. The maximum Gasteiger partial charge on any atom is 0.275 e. The van der Waals surface area contributed by atoms with E-state index in [4.69, 9.17) is 12.2 Å². The van der Waals surface area contributed by atoms with Gasteiger partial charge in [-0.25, -0.2) is 4.68 Å². The van der Waals surface area contributed by atoms with Crippen LogP contribution in [0.1, 0.15) is 24.7 Å². The van der Waals surface area contributed by atoms with Gasteiger partial charge >= 0.3 is 0 Å². The molecule has 6 nitrogen and oxygen atoms in total. The highest BCUT2D eigenvalue weighted by Crippen LogP contribution is 2.46. The topological polar surface area (TPSA) is 68.5 Å². The second kappa shape index (κ2) is 5.49. The van der Waals surface area contributed by atoms with Gasteiger partial charge in [0.2, 0.25) is 0 Å². The Morgan fingerprint density at radius 1 is 1.24 bits per heavy atom. The smallest absolute Gasteiger partial charge is 0.275 e. The molecule has 0 saturated heterocycles. The Kier molecular flexibility index (Phi) is 3.24. The second-order valence-corrected chi connectivity index (χ2v) is 7.24. The molecule has 7 heteroatoms. The molecule has 0 spiro atoms. The van der Waals surface area contributed by atoms with Crippen molar-refractivity contribution >= 4 is 23.0 Å². The molecule has 2 aliphatic carbocycles. The fourth-order valence-corrected chi connectivity index (χ4v) is 4.50. The third kappa shape index (κ3) is 2.30. The maximum absolute atomic E-state index is 12.7. The van der Waals surface area contributed by atoms with E-state index in [1.54, 1.807) is 6.20 Å². The Balaban J connectivity index is 1.56. The standard InChI is InChI=1S/C18H17N5OS/c24-17-14-4-2-1-3-13(14)9-19-22(17)10-16-20-21-18(25)23(16)15-8-11-5-6-12(15)7-11/h1-6,9,11-12,15H,7-8,10H2,(H,21,25). The largest absolute Gasteiger partial charge is 0.299 e. The summed E-state index contributed by atoms with van der Waals surface area (Å²) in [6.45, 7) is 0.314.